The molecule has 0 bridgehead atoms. The zero-order chi connectivity index (χ0) is 21.1. The second-order valence-corrected chi connectivity index (χ2v) is 8.09. The van der Waals surface area contributed by atoms with Crippen LogP contribution in [0.25, 0.3) is 0 Å². The number of benzene rings is 2. The molecule has 0 fully saturated rings. The van der Waals surface area contributed by atoms with E-state index in [-0.39, 0.29) is 5.91 Å². The number of phenolic OH excluding ortho intramolecular Hbond substituents is 1. The Morgan fingerprint density at radius 1 is 1.07 bits per heavy atom. The first-order chi connectivity index (χ1) is 14.6. The Hall–Kier alpha value is -2.73. The van der Waals surface area contributed by atoms with Crippen molar-refractivity contribution in [1.29, 1.82) is 0 Å². The van der Waals surface area contributed by atoms with Crippen molar-refractivity contribution in [3.8, 4) is 17.2 Å². The predicted molar refractivity (Wildman–Crippen MR) is 116 cm³/mol. The van der Waals surface area contributed by atoms with Crippen molar-refractivity contribution in [2.75, 3.05) is 40.4 Å². The lowest BCUT2D eigenvalue weighted by atomic mass is 9.77. The molecule has 2 aliphatic rings. The first-order valence-electron chi connectivity index (χ1n) is 10.6. The van der Waals surface area contributed by atoms with Crippen LogP contribution in [0.5, 0.6) is 17.2 Å². The highest BCUT2D eigenvalue weighted by molar-refractivity contribution is 5.76. The molecule has 0 saturated heterocycles. The number of methoxy groups -OCH3 is 2. The number of phenols is 1. The SMILES string of the molecule is COc1cc2c(cc1OC)CCN(C(=O)CCNCC1Cc3ccc(O)cc31)CC2. The molecule has 0 radical (unpaired) electrons. The van der Waals surface area contributed by atoms with E-state index in [0.29, 0.717) is 24.6 Å². The summed E-state index contributed by atoms with van der Waals surface area (Å²) in [4.78, 5) is 14.7. The Kier molecular flexibility index (Phi) is 6.13. The first kappa shape index (κ1) is 20.5. The summed E-state index contributed by atoms with van der Waals surface area (Å²) in [5, 5.41) is 13.1. The quantitative estimate of drug-likeness (QED) is 0.687. The van der Waals surface area contributed by atoms with Gasteiger partial charge in [0, 0.05) is 38.5 Å². The lowest BCUT2D eigenvalue weighted by molar-refractivity contribution is -0.131. The summed E-state index contributed by atoms with van der Waals surface area (Å²) in [6.07, 6.45) is 3.20. The van der Waals surface area contributed by atoms with Crippen LogP contribution < -0.4 is 14.8 Å². The summed E-state index contributed by atoms with van der Waals surface area (Å²) < 4.78 is 10.8. The van der Waals surface area contributed by atoms with E-state index >= 15 is 0 Å². The Bertz CT molecular complexity index is 893. The van der Waals surface area contributed by atoms with Gasteiger partial charge < -0.3 is 24.8 Å². The average molecular weight is 411 g/mol. The van der Waals surface area contributed by atoms with Crippen LogP contribution in [0.4, 0.5) is 0 Å². The van der Waals surface area contributed by atoms with Gasteiger partial charge in [-0.1, -0.05) is 6.07 Å². The minimum Gasteiger partial charge on any atom is -0.508 e. The van der Waals surface area contributed by atoms with Gasteiger partial charge in [-0.25, -0.2) is 0 Å². The molecule has 1 atom stereocenters. The van der Waals surface area contributed by atoms with E-state index in [2.05, 4.69) is 5.32 Å². The van der Waals surface area contributed by atoms with Gasteiger partial charge in [-0.05, 0) is 65.8 Å². The molecule has 2 N–H and O–H groups in total. The molecule has 6 heteroatoms. The van der Waals surface area contributed by atoms with Crippen LogP contribution in [0.3, 0.4) is 0 Å². The average Bonchev–Trinajstić information content (AvgIpc) is 2.96. The van der Waals surface area contributed by atoms with Crippen molar-refractivity contribution in [2.24, 2.45) is 0 Å². The summed E-state index contributed by atoms with van der Waals surface area (Å²) in [6.45, 7) is 2.98. The molecule has 2 aromatic rings. The van der Waals surface area contributed by atoms with Crippen LogP contribution in [-0.4, -0.2) is 56.3 Å². The summed E-state index contributed by atoms with van der Waals surface area (Å²) in [5.41, 5.74) is 5.00. The maximum absolute atomic E-state index is 12.7. The monoisotopic (exact) mass is 410 g/mol. The van der Waals surface area contributed by atoms with E-state index < -0.39 is 0 Å². The fourth-order valence-corrected chi connectivity index (χ4v) is 4.51. The number of carbonyl (C=O) groups is 1. The van der Waals surface area contributed by atoms with E-state index in [4.69, 9.17) is 9.47 Å². The number of carbonyl (C=O) groups excluding carboxylic acids is 1. The minimum absolute atomic E-state index is 0.195. The highest BCUT2D eigenvalue weighted by atomic mass is 16.5. The summed E-state index contributed by atoms with van der Waals surface area (Å²) in [7, 11) is 3.30. The Labute approximate surface area is 177 Å². The topological polar surface area (TPSA) is 71.0 Å². The summed E-state index contributed by atoms with van der Waals surface area (Å²) >= 11 is 0. The fraction of sp³-hybridized carbons (Fsp3) is 0.458. The Balaban J connectivity index is 1.25. The fourth-order valence-electron chi connectivity index (χ4n) is 4.51. The molecule has 0 saturated carbocycles. The highest BCUT2D eigenvalue weighted by Crippen LogP contribution is 2.36. The Morgan fingerprint density at radius 2 is 1.73 bits per heavy atom. The van der Waals surface area contributed by atoms with Crippen molar-refractivity contribution < 1.29 is 19.4 Å². The van der Waals surface area contributed by atoms with Crippen LogP contribution in [0.15, 0.2) is 30.3 Å². The lowest BCUT2D eigenvalue weighted by Gasteiger charge is -2.30. The number of amides is 1. The molecule has 2 aromatic carbocycles. The van der Waals surface area contributed by atoms with E-state index in [1.165, 1.54) is 22.3 Å². The molecule has 0 aromatic heterocycles. The maximum atomic E-state index is 12.7. The van der Waals surface area contributed by atoms with E-state index in [0.717, 1.165) is 50.4 Å². The number of nitrogens with one attached hydrogen (secondary N) is 1. The van der Waals surface area contributed by atoms with Gasteiger partial charge in [-0.3, -0.25) is 4.79 Å². The van der Waals surface area contributed by atoms with Crippen molar-refractivity contribution in [3.05, 3.63) is 52.6 Å². The molecule has 1 unspecified atom stereocenters. The molecule has 30 heavy (non-hydrogen) atoms. The third kappa shape index (κ3) is 4.24. The van der Waals surface area contributed by atoms with Gasteiger partial charge in [-0.15, -0.1) is 0 Å². The molecular weight excluding hydrogens is 380 g/mol. The molecule has 1 aliphatic carbocycles. The molecule has 6 nitrogen and oxygen atoms in total. The maximum Gasteiger partial charge on any atom is 0.223 e. The van der Waals surface area contributed by atoms with Gasteiger partial charge in [-0.2, -0.15) is 0 Å². The van der Waals surface area contributed by atoms with Gasteiger partial charge in [0.15, 0.2) is 11.5 Å². The van der Waals surface area contributed by atoms with Crippen LogP contribution in [0.2, 0.25) is 0 Å². The molecule has 0 spiro atoms. The second kappa shape index (κ2) is 8.96. The first-order valence-corrected chi connectivity index (χ1v) is 10.6. The molecule has 160 valence electrons. The number of nitrogens with zero attached hydrogens (tertiary/aromatic N) is 1. The molecule has 1 amide bonds. The van der Waals surface area contributed by atoms with Crippen molar-refractivity contribution in [3.63, 3.8) is 0 Å². The number of ether oxygens (including phenoxy) is 2. The van der Waals surface area contributed by atoms with Gasteiger partial charge in [0.25, 0.3) is 0 Å². The van der Waals surface area contributed by atoms with Crippen molar-refractivity contribution >= 4 is 5.91 Å². The van der Waals surface area contributed by atoms with Crippen LogP contribution >= 0.6 is 0 Å². The van der Waals surface area contributed by atoms with E-state index in [1.54, 1.807) is 20.3 Å². The third-order valence-electron chi connectivity index (χ3n) is 6.30. The zero-order valence-corrected chi connectivity index (χ0v) is 17.7. The number of fused-ring (bicyclic) bond motifs is 2. The van der Waals surface area contributed by atoms with Crippen LogP contribution in [0, 0.1) is 0 Å². The number of hydrogen-bond donors (Lipinski definition) is 2. The molecule has 1 aliphatic heterocycles. The zero-order valence-electron chi connectivity index (χ0n) is 17.7. The molecule has 4 rings (SSSR count). The van der Waals surface area contributed by atoms with Gasteiger partial charge in [0.05, 0.1) is 14.2 Å². The standard InChI is InChI=1S/C24H30N2O4/c1-29-22-12-16-6-9-26(10-7-17(16)13-23(22)30-2)24(28)5-8-25-15-19-11-18-3-4-20(27)14-21(18)19/h3-4,12-14,19,25,27H,5-11,15H2,1-2H3. The van der Waals surface area contributed by atoms with E-state index in [1.807, 2.05) is 29.2 Å². The second-order valence-electron chi connectivity index (χ2n) is 8.09. The predicted octanol–water partition coefficient (Wildman–Crippen LogP) is 2.66. The number of rotatable bonds is 7. The summed E-state index contributed by atoms with van der Waals surface area (Å²) in [5.74, 6) is 2.43. The highest BCUT2D eigenvalue weighted by Gasteiger charge is 2.26. The largest absolute Gasteiger partial charge is 0.508 e. The number of aromatic hydroxyl groups is 1. The van der Waals surface area contributed by atoms with Crippen molar-refractivity contribution in [1.82, 2.24) is 10.2 Å². The normalized spacial score (nSPS) is 17.4. The van der Waals surface area contributed by atoms with Gasteiger partial charge in [0.1, 0.15) is 5.75 Å². The minimum atomic E-state index is 0.195. The molecular formula is C24H30N2O4. The van der Waals surface area contributed by atoms with Gasteiger partial charge >= 0.3 is 0 Å². The third-order valence-corrected chi connectivity index (χ3v) is 6.30. The Morgan fingerprint density at radius 3 is 2.37 bits per heavy atom. The number of hydrogen-bond acceptors (Lipinski definition) is 5. The summed E-state index contributed by atoms with van der Waals surface area (Å²) in [6, 6.07) is 9.67. The molecule has 1 heterocycles. The van der Waals surface area contributed by atoms with Gasteiger partial charge in [0.2, 0.25) is 5.91 Å². The van der Waals surface area contributed by atoms with Crippen LogP contribution in [-0.2, 0) is 24.1 Å². The lowest BCUT2D eigenvalue weighted by Crippen LogP contribution is -2.36. The smallest absolute Gasteiger partial charge is 0.223 e. The van der Waals surface area contributed by atoms with Crippen molar-refractivity contribution in [2.45, 2.75) is 31.6 Å². The van der Waals surface area contributed by atoms with E-state index in [9.17, 15) is 9.90 Å². The van der Waals surface area contributed by atoms with Crippen LogP contribution in [0.1, 0.15) is 34.6 Å².